The van der Waals surface area contributed by atoms with Gasteiger partial charge in [0.15, 0.2) is 11.6 Å². The molecule has 0 bridgehead atoms. The number of rotatable bonds is 6. The molecule has 0 aliphatic heterocycles. The second-order valence-corrected chi connectivity index (χ2v) is 13.1. The molecule has 0 saturated heterocycles. The van der Waals surface area contributed by atoms with Crippen molar-refractivity contribution in [3.05, 3.63) is 63.7 Å². The molecule has 1 N–H and O–H groups in total. The van der Waals surface area contributed by atoms with Crippen LogP contribution in [0, 0.1) is 38.7 Å². The number of nitrogens with zero attached hydrogens (tertiary/aromatic N) is 1. The topological polar surface area (TPSA) is 107 Å². The van der Waals surface area contributed by atoms with E-state index < -0.39 is 37.4 Å². The Bertz CT molecular complexity index is 1260. The fraction of sp³-hybridized carbons (Fsp3) is 0.586. The molecule has 204 valence electrons. The minimum atomic E-state index is -1.65. The van der Waals surface area contributed by atoms with Crippen LogP contribution in [-0.4, -0.2) is 44.1 Å². The summed E-state index contributed by atoms with van der Waals surface area (Å²) in [6.45, 7) is 5.62. The molecule has 38 heavy (non-hydrogen) atoms. The highest BCUT2D eigenvalue weighted by Crippen LogP contribution is 2.72. The van der Waals surface area contributed by atoms with E-state index in [1.807, 2.05) is 13.0 Å². The zero-order valence-electron chi connectivity index (χ0n) is 21.8. The number of fused-ring (bicyclic) bond motifs is 5. The molecule has 0 radical (unpaired) electrons. The first-order valence-electron chi connectivity index (χ1n) is 13.1. The van der Waals surface area contributed by atoms with E-state index in [4.69, 9.17) is 27.9 Å². The molecule has 4 aliphatic rings. The van der Waals surface area contributed by atoms with Crippen LogP contribution in [0.1, 0.15) is 52.0 Å². The second-order valence-electron chi connectivity index (χ2n) is 11.9. The molecule has 3 saturated carbocycles. The van der Waals surface area contributed by atoms with Gasteiger partial charge in [-0.25, -0.2) is 0 Å². The van der Waals surface area contributed by atoms with Crippen LogP contribution in [0.2, 0.25) is 0 Å². The van der Waals surface area contributed by atoms with Gasteiger partial charge in [0.1, 0.15) is 12.2 Å². The maximum absolute atomic E-state index is 13.5. The van der Waals surface area contributed by atoms with Gasteiger partial charge in [-0.05, 0) is 61.7 Å². The molecule has 1 aromatic rings. The fourth-order valence-corrected chi connectivity index (χ4v) is 9.38. The van der Waals surface area contributed by atoms with Crippen molar-refractivity contribution in [2.24, 2.45) is 28.6 Å². The highest BCUT2D eigenvalue weighted by molar-refractivity contribution is 6.34. The molecule has 0 aromatic heterocycles. The van der Waals surface area contributed by atoms with E-state index in [2.05, 4.69) is 13.8 Å². The van der Waals surface area contributed by atoms with E-state index in [0.717, 1.165) is 5.57 Å². The van der Waals surface area contributed by atoms with E-state index in [1.54, 1.807) is 30.4 Å². The van der Waals surface area contributed by atoms with Gasteiger partial charge in [-0.2, -0.15) is 0 Å². The lowest BCUT2D eigenvalue weighted by molar-refractivity contribution is -0.385. The van der Waals surface area contributed by atoms with Crippen LogP contribution >= 0.6 is 23.2 Å². The summed E-state index contributed by atoms with van der Waals surface area (Å²) < 4.78 is 5.62. The normalized spacial score (nSPS) is 41.6. The van der Waals surface area contributed by atoms with Crippen molar-refractivity contribution in [3.63, 3.8) is 0 Å². The number of nitro benzene ring substituents is 1. The number of benzene rings is 1. The standard InChI is InChI=1S/C29H33Cl2NO6/c1-17-12-22-20-9-11-28(35,25(34)16-38-15-18-6-4-5-7-23(18)32(36)37)27(20,3)14-24(30)29(22,31)26(2)10-8-19(33)13-21(17)26/h4-8,10,13,17,20,22,24,35H,9,11-12,14-16H2,1-3H3/t17?,20-,22-,24?,26-,27-,28-,29-/m0/s1. The molecule has 0 heterocycles. The third kappa shape index (κ3) is 3.69. The van der Waals surface area contributed by atoms with Crippen molar-refractivity contribution in [2.45, 2.75) is 68.9 Å². The van der Waals surface area contributed by atoms with Crippen LogP contribution in [0.3, 0.4) is 0 Å². The Hall–Kier alpha value is -2.06. The first kappa shape index (κ1) is 27.5. The number of aliphatic hydroxyl groups is 1. The number of ether oxygens (including phenoxy) is 1. The summed E-state index contributed by atoms with van der Waals surface area (Å²) in [6, 6.07) is 6.23. The number of Topliss-reactive ketones (excluding diaryl/α,β-unsaturated/α-hetero) is 1. The van der Waals surface area contributed by atoms with Crippen LogP contribution in [-0.2, 0) is 20.9 Å². The number of nitro groups is 1. The molecule has 7 nitrogen and oxygen atoms in total. The van der Waals surface area contributed by atoms with Gasteiger partial charge in [-0.1, -0.05) is 44.6 Å². The summed E-state index contributed by atoms with van der Waals surface area (Å²) >= 11 is 14.7. The third-order valence-electron chi connectivity index (χ3n) is 10.2. The van der Waals surface area contributed by atoms with Crippen LogP contribution in [0.15, 0.2) is 48.1 Å². The summed E-state index contributed by atoms with van der Waals surface area (Å²) in [5, 5.41) is 22.7. The fourth-order valence-electron chi connectivity index (χ4n) is 8.18. The number of ketones is 2. The maximum Gasteiger partial charge on any atom is 0.274 e. The zero-order chi connectivity index (χ0) is 27.7. The maximum atomic E-state index is 13.5. The summed E-state index contributed by atoms with van der Waals surface area (Å²) in [7, 11) is 0. The monoisotopic (exact) mass is 561 g/mol. The first-order chi connectivity index (χ1) is 17.8. The van der Waals surface area contributed by atoms with Gasteiger partial charge in [-0.15, -0.1) is 23.2 Å². The molecular weight excluding hydrogens is 529 g/mol. The van der Waals surface area contributed by atoms with Gasteiger partial charge >= 0.3 is 0 Å². The molecule has 2 unspecified atom stereocenters. The quantitative estimate of drug-likeness (QED) is 0.277. The molecule has 4 aliphatic carbocycles. The van der Waals surface area contributed by atoms with Gasteiger partial charge in [0.2, 0.25) is 0 Å². The average molecular weight is 562 g/mol. The summed E-state index contributed by atoms with van der Waals surface area (Å²) in [6.07, 6.45) is 7.13. The Balaban J connectivity index is 1.39. The predicted molar refractivity (Wildman–Crippen MR) is 144 cm³/mol. The van der Waals surface area contributed by atoms with Crippen LogP contribution in [0.5, 0.6) is 0 Å². The van der Waals surface area contributed by atoms with Crippen molar-refractivity contribution in [3.8, 4) is 0 Å². The van der Waals surface area contributed by atoms with Gasteiger partial charge in [0, 0.05) is 16.9 Å². The van der Waals surface area contributed by atoms with E-state index in [-0.39, 0.29) is 48.9 Å². The van der Waals surface area contributed by atoms with Gasteiger partial charge in [0.25, 0.3) is 5.69 Å². The summed E-state index contributed by atoms with van der Waals surface area (Å²) in [4.78, 5) is 35.7. The first-order valence-corrected chi connectivity index (χ1v) is 13.9. The minimum Gasteiger partial charge on any atom is -0.381 e. The second kappa shape index (κ2) is 9.26. The molecule has 1 aromatic carbocycles. The molecule has 8 atom stereocenters. The highest BCUT2D eigenvalue weighted by Gasteiger charge is 2.73. The molecule has 0 spiro atoms. The van der Waals surface area contributed by atoms with E-state index >= 15 is 0 Å². The number of halogens is 2. The number of para-hydroxylation sites is 1. The lowest BCUT2D eigenvalue weighted by Gasteiger charge is -2.65. The lowest BCUT2D eigenvalue weighted by atomic mass is 9.45. The number of hydrogen-bond acceptors (Lipinski definition) is 6. The van der Waals surface area contributed by atoms with Gasteiger partial charge in [0.05, 0.1) is 27.3 Å². The van der Waals surface area contributed by atoms with Crippen LogP contribution < -0.4 is 0 Å². The third-order valence-corrected chi connectivity index (χ3v) is 11.8. The van der Waals surface area contributed by atoms with Gasteiger partial charge in [-0.3, -0.25) is 19.7 Å². The number of alkyl halides is 2. The average Bonchev–Trinajstić information content (AvgIpc) is 3.13. The predicted octanol–water partition coefficient (Wildman–Crippen LogP) is 5.54. The molecule has 9 heteroatoms. The lowest BCUT2D eigenvalue weighted by Crippen LogP contribution is -2.68. The zero-order valence-corrected chi connectivity index (χ0v) is 23.3. The number of hydrogen-bond donors (Lipinski definition) is 1. The van der Waals surface area contributed by atoms with Crippen molar-refractivity contribution >= 4 is 40.5 Å². The minimum absolute atomic E-state index is 0.0449. The Morgan fingerprint density at radius 3 is 2.68 bits per heavy atom. The largest absolute Gasteiger partial charge is 0.381 e. The molecule has 5 rings (SSSR count). The molecule has 0 amide bonds. The summed E-state index contributed by atoms with van der Waals surface area (Å²) in [5.41, 5.74) is -1.79. The van der Waals surface area contributed by atoms with E-state index in [9.17, 15) is 24.8 Å². The molecular formula is C29H33Cl2NO6. The van der Waals surface area contributed by atoms with Gasteiger partial charge < -0.3 is 9.84 Å². The SMILES string of the molecule is CC1C[C@H]2[C@@H]3CC[C@](O)(C(=O)COCc4ccccc4[N+](=O)[O-])[C@@]3(C)CC(Cl)[C@]2(Cl)[C@@]2(C)C=CC(=O)C=C12. The highest BCUT2D eigenvalue weighted by atomic mass is 35.5. The Labute approximate surface area is 232 Å². The van der Waals surface area contributed by atoms with E-state index in [1.165, 1.54) is 6.07 Å². The Morgan fingerprint density at radius 1 is 1.26 bits per heavy atom. The van der Waals surface area contributed by atoms with Crippen LogP contribution in [0.4, 0.5) is 5.69 Å². The van der Waals surface area contributed by atoms with E-state index in [0.29, 0.717) is 24.8 Å². The Morgan fingerprint density at radius 2 is 1.97 bits per heavy atom. The summed E-state index contributed by atoms with van der Waals surface area (Å²) in [5.74, 6) is -0.505. The van der Waals surface area contributed by atoms with Crippen molar-refractivity contribution in [1.29, 1.82) is 0 Å². The number of carbonyl (C=O) groups excluding carboxylic acids is 2. The molecule has 3 fully saturated rings. The van der Waals surface area contributed by atoms with Crippen molar-refractivity contribution < 1.29 is 24.4 Å². The Kier molecular flexibility index (Phi) is 6.70. The van der Waals surface area contributed by atoms with Crippen LogP contribution in [0.25, 0.3) is 0 Å². The number of carbonyl (C=O) groups is 2. The smallest absolute Gasteiger partial charge is 0.274 e. The number of allylic oxidation sites excluding steroid dienone is 4. The van der Waals surface area contributed by atoms with Crippen molar-refractivity contribution in [2.75, 3.05) is 6.61 Å². The van der Waals surface area contributed by atoms with Crippen molar-refractivity contribution in [1.82, 2.24) is 0 Å².